The molecule has 0 spiro atoms. The van der Waals surface area contributed by atoms with E-state index in [0.29, 0.717) is 0 Å². The summed E-state index contributed by atoms with van der Waals surface area (Å²) in [6, 6.07) is 10.5. The summed E-state index contributed by atoms with van der Waals surface area (Å²) in [5.74, 6) is -1.47. The summed E-state index contributed by atoms with van der Waals surface area (Å²) in [6.07, 6.45) is 0. The van der Waals surface area contributed by atoms with Gasteiger partial charge in [-0.15, -0.1) is 0 Å². The molecule has 2 aromatic carbocycles. The summed E-state index contributed by atoms with van der Waals surface area (Å²) < 4.78 is 26.6. The molecule has 20 heavy (non-hydrogen) atoms. The standard InChI is InChI=1S/C17H17F2N/c1-11-4-3-5-13-14(11)9-20(2)10-15(13)12-6-7-16(18)17(19)8-12/h3-8,15H,9-10H2,1-2H3/t15-/m0/s1. The van der Waals surface area contributed by atoms with Gasteiger partial charge in [0.25, 0.3) is 0 Å². The third kappa shape index (κ3) is 2.22. The van der Waals surface area contributed by atoms with Crippen LogP contribution in [0.1, 0.15) is 28.2 Å². The van der Waals surface area contributed by atoms with Gasteiger partial charge in [0, 0.05) is 19.0 Å². The second-order valence-electron chi connectivity index (χ2n) is 5.57. The van der Waals surface area contributed by atoms with Crippen LogP contribution < -0.4 is 0 Å². The minimum Gasteiger partial charge on any atom is -0.301 e. The van der Waals surface area contributed by atoms with Crippen molar-refractivity contribution in [3.05, 3.63) is 70.3 Å². The van der Waals surface area contributed by atoms with Crippen molar-refractivity contribution in [3.63, 3.8) is 0 Å². The highest BCUT2D eigenvalue weighted by Crippen LogP contribution is 2.34. The van der Waals surface area contributed by atoms with Gasteiger partial charge in [0.15, 0.2) is 11.6 Å². The van der Waals surface area contributed by atoms with Crippen LogP contribution in [-0.4, -0.2) is 18.5 Å². The van der Waals surface area contributed by atoms with Crippen LogP contribution in [0.2, 0.25) is 0 Å². The van der Waals surface area contributed by atoms with E-state index in [9.17, 15) is 8.78 Å². The average Bonchev–Trinajstić information content (AvgIpc) is 2.42. The fourth-order valence-corrected chi connectivity index (χ4v) is 3.03. The number of hydrogen-bond donors (Lipinski definition) is 0. The molecule has 2 aromatic rings. The van der Waals surface area contributed by atoms with Gasteiger partial charge in [-0.1, -0.05) is 24.3 Å². The number of likely N-dealkylation sites (N-methyl/N-ethyl adjacent to an activating group) is 1. The lowest BCUT2D eigenvalue weighted by atomic mass is 9.83. The first kappa shape index (κ1) is 13.3. The lowest BCUT2D eigenvalue weighted by molar-refractivity contribution is 0.294. The third-order valence-corrected chi connectivity index (χ3v) is 4.09. The Bertz CT molecular complexity index is 651. The van der Waals surface area contributed by atoms with Gasteiger partial charge < -0.3 is 4.90 Å². The van der Waals surface area contributed by atoms with Crippen LogP contribution >= 0.6 is 0 Å². The van der Waals surface area contributed by atoms with E-state index in [1.165, 1.54) is 28.8 Å². The molecule has 1 aliphatic heterocycles. The number of nitrogens with zero attached hydrogens (tertiary/aromatic N) is 1. The van der Waals surface area contributed by atoms with Gasteiger partial charge >= 0.3 is 0 Å². The number of aryl methyl sites for hydroxylation is 1. The molecule has 0 saturated heterocycles. The van der Waals surface area contributed by atoms with Crippen LogP contribution in [0.4, 0.5) is 8.78 Å². The van der Waals surface area contributed by atoms with Crippen LogP contribution in [0.5, 0.6) is 0 Å². The van der Waals surface area contributed by atoms with Crippen molar-refractivity contribution in [2.24, 2.45) is 0 Å². The molecule has 0 amide bonds. The van der Waals surface area contributed by atoms with Gasteiger partial charge in [-0.25, -0.2) is 8.78 Å². The Morgan fingerprint density at radius 1 is 1.10 bits per heavy atom. The van der Waals surface area contributed by atoms with Gasteiger partial charge in [0.1, 0.15) is 0 Å². The average molecular weight is 273 g/mol. The molecule has 0 N–H and O–H groups in total. The SMILES string of the molecule is Cc1cccc2c1CN(C)C[C@H]2c1ccc(F)c(F)c1. The zero-order valence-corrected chi connectivity index (χ0v) is 11.7. The predicted molar refractivity (Wildman–Crippen MR) is 75.7 cm³/mol. The first-order valence-corrected chi connectivity index (χ1v) is 6.78. The number of hydrogen-bond acceptors (Lipinski definition) is 1. The Balaban J connectivity index is 2.11. The number of halogens is 2. The van der Waals surface area contributed by atoms with Crippen molar-refractivity contribution in [3.8, 4) is 0 Å². The van der Waals surface area contributed by atoms with Gasteiger partial charge in [-0.3, -0.25) is 0 Å². The fraction of sp³-hybridized carbons (Fsp3) is 0.294. The summed E-state index contributed by atoms with van der Waals surface area (Å²) in [4.78, 5) is 2.22. The molecule has 104 valence electrons. The van der Waals surface area contributed by atoms with Crippen LogP contribution in [0.3, 0.4) is 0 Å². The lowest BCUT2D eigenvalue weighted by Gasteiger charge is -2.33. The molecule has 0 radical (unpaired) electrons. The molecule has 0 bridgehead atoms. The molecule has 3 heteroatoms. The van der Waals surface area contributed by atoms with E-state index in [0.717, 1.165) is 18.7 Å². The van der Waals surface area contributed by atoms with Crippen molar-refractivity contribution in [2.75, 3.05) is 13.6 Å². The molecule has 1 nitrogen and oxygen atoms in total. The van der Waals surface area contributed by atoms with Crippen molar-refractivity contribution in [2.45, 2.75) is 19.4 Å². The summed E-state index contributed by atoms with van der Waals surface area (Å²) in [7, 11) is 2.06. The molecule has 0 aliphatic carbocycles. The van der Waals surface area contributed by atoms with E-state index in [1.807, 2.05) is 6.07 Å². The van der Waals surface area contributed by atoms with Crippen LogP contribution in [-0.2, 0) is 6.54 Å². The van der Waals surface area contributed by atoms with E-state index >= 15 is 0 Å². The zero-order valence-electron chi connectivity index (χ0n) is 11.7. The van der Waals surface area contributed by atoms with E-state index in [2.05, 4.69) is 31.0 Å². The Kier molecular flexibility index (Phi) is 3.30. The van der Waals surface area contributed by atoms with Crippen molar-refractivity contribution >= 4 is 0 Å². The maximum absolute atomic E-state index is 13.5. The third-order valence-electron chi connectivity index (χ3n) is 4.09. The maximum atomic E-state index is 13.5. The highest BCUT2D eigenvalue weighted by molar-refractivity contribution is 5.44. The maximum Gasteiger partial charge on any atom is 0.159 e. The molecule has 1 atom stereocenters. The first-order valence-electron chi connectivity index (χ1n) is 6.78. The van der Waals surface area contributed by atoms with Gasteiger partial charge in [-0.05, 0) is 48.4 Å². The van der Waals surface area contributed by atoms with E-state index in [4.69, 9.17) is 0 Å². The Labute approximate surface area is 117 Å². The molecule has 0 unspecified atom stereocenters. The van der Waals surface area contributed by atoms with Gasteiger partial charge in [0.05, 0.1) is 0 Å². The molecular formula is C17H17F2N. The lowest BCUT2D eigenvalue weighted by Crippen LogP contribution is -2.31. The van der Waals surface area contributed by atoms with Crippen LogP contribution in [0, 0.1) is 18.6 Å². The van der Waals surface area contributed by atoms with Crippen molar-refractivity contribution in [1.82, 2.24) is 4.90 Å². The smallest absolute Gasteiger partial charge is 0.159 e. The summed E-state index contributed by atoms with van der Waals surface area (Å²) in [6.45, 7) is 3.82. The molecule has 1 heterocycles. The predicted octanol–water partition coefficient (Wildman–Crippen LogP) is 3.85. The Hall–Kier alpha value is -1.74. The highest BCUT2D eigenvalue weighted by atomic mass is 19.2. The first-order chi connectivity index (χ1) is 9.56. The van der Waals surface area contributed by atoms with E-state index < -0.39 is 11.6 Å². The Morgan fingerprint density at radius 3 is 2.65 bits per heavy atom. The van der Waals surface area contributed by atoms with Crippen LogP contribution in [0.25, 0.3) is 0 Å². The highest BCUT2D eigenvalue weighted by Gasteiger charge is 2.26. The molecule has 0 fully saturated rings. The number of fused-ring (bicyclic) bond motifs is 1. The van der Waals surface area contributed by atoms with Crippen molar-refractivity contribution in [1.29, 1.82) is 0 Å². The van der Waals surface area contributed by atoms with E-state index in [-0.39, 0.29) is 5.92 Å². The molecule has 0 saturated carbocycles. The van der Waals surface area contributed by atoms with Crippen molar-refractivity contribution < 1.29 is 8.78 Å². The van der Waals surface area contributed by atoms with Crippen LogP contribution in [0.15, 0.2) is 36.4 Å². The Morgan fingerprint density at radius 2 is 1.90 bits per heavy atom. The number of rotatable bonds is 1. The molecular weight excluding hydrogens is 256 g/mol. The fourth-order valence-electron chi connectivity index (χ4n) is 3.03. The van der Waals surface area contributed by atoms with E-state index in [1.54, 1.807) is 6.07 Å². The van der Waals surface area contributed by atoms with Gasteiger partial charge in [0.2, 0.25) is 0 Å². The molecule has 3 rings (SSSR count). The largest absolute Gasteiger partial charge is 0.301 e. The number of benzene rings is 2. The van der Waals surface area contributed by atoms with Gasteiger partial charge in [-0.2, -0.15) is 0 Å². The quantitative estimate of drug-likeness (QED) is 0.763. The molecule has 0 aromatic heterocycles. The second-order valence-corrected chi connectivity index (χ2v) is 5.57. The second kappa shape index (κ2) is 4.98. The monoisotopic (exact) mass is 273 g/mol. The normalized spacial score (nSPS) is 18.9. The zero-order chi connectivity index (χ0) is 14.3. The summed E-state index contributed by atoms with van der Waals surface area (Å²) >= 11 is 0. The minimum atomic E-state index is -0.789. The summed E-state index contributed by atoms with van der Waals surface area (Å²) in [5, 5.41) is 0. The minimum absolute atomic E-state index is 0.0961. The summed E-state index contributed by atoms with van der Waals surface area (Å²) in [5.41, 5.74) is 4.62. The molecule has 1 aliphatic rings. The topological polar surface area (TPSA) is 3.24 Å².